The third kappa shape index (κ3) is 2.31. The van der Waals surface area contributed by atoms with Crippen molar-refractivity contribution in [1.82, 2.24) is 9.78 Å². The Morgan fingerprint density at radius 1 is 1.53 bits per heavy atom. The predicted molar refractivity (Wildman–Crippen MR) is 68.9 cm³/mol. The van der Waals surface area contributed by atoms with Gasteiger partial charge in [-0.3, -0.25) is 14.8 Å². The molecule has 6 heteroatoms. The SMILES string of the molecule is CC(C)Cn1nc(Br)c2cc([N+](=O)[O-])ccc21. The molecule has 0 fully saturated rings. The van der Waals surface area contributed by atoms with Crippen LogP contribution in [0.2, 0.25) is 0 Å². The monoisotopic (exact) mass is 297 g/mol. The minimum absolute atomic E-state index is 0.0855. The highest BCUT2D eigenvalue weighted by Gasteiger charge is 2.13. The maximum Gasteiger partial charge on any atom is 0.270 e. The first-order chi connectivity index (χ1) is 7.99. The summed E-state index contributed by atoms with van der Waals surface area (Å²) in [5.74, 6) is 0.472. The van der Waals surface area contributed by atoms with Crippen LogP contribution < -0.4 is 0 Å². The molecule has 0 atom stereocenters. The first kappa shape index (κ1) is 12.0. The zero-order valence-electron chi connectivity index (χ0n) is 9.55. The van der Waals surface area contributed by atoms with Gasteiger partial charge in [-0.1, -0.05) is 13.8 Å². The highest BCUT2D eigenvalue weighted by atomic mass is 79.9. The standard InChI is InChI=1S/C11H12BrN3O2/c1-7(2)6-14-10-4-3-8(15(16)17)5-9(10)11(12)13-14/h3-5,7H,6H2,1-2H3. The normalized spacial score (nSPS) is 11.3. The minimum Gasteiger partial charge on any atom is -0.263 e. The Hall–Kier alpha value is -1.43. The fourth-order valence-corrected chi connectivity index (χ4v) is 2.24. The molecule has 0 unspecified atom stereocenters. The van der Waals surface area contributed by atoms with Crippen LogP contribution in [0.1, 0.15) is 13.8 Å². The molecule has 0 aliphatic heterocycles. The van der Waals surface area contributed by atoms with Gasteiger partial charge in [0.05, 0.1) is 10.4 Å². The lowest BCUT2D eigenvalue weighted by Crippen LogP contribution is -2.05. The Bertz CT molecular complexity index is 577. The first-order valence-electron chi connectivity index (χ1n) is 5.29. The average Bonchev–Trinajstić information content (AvgIpc) is 2.54. The van der Waals surface area contributed by atoms with Gasteiger partial charge in [-0.25, -0.2) is 0 Å². The van der Waals surface area contributed by atoms with Gasteiger partial charge in [-0.2, -0.15) is 5.10 Å². The van der Waals surface area contributed by atoms with Crippen molar-refractivity contribution in [1.29, 1.82) is 0 Å². The second-order valence-electron chi connectivity index (χ2n) is 4.33. The van der Waals surface area contributed by atoms with Crippen LogP contribution in [0.4, 0.5) is 5.69 Å². The molecule has 5 nitrogen and oxygen atoms in total. The smallest absolute Gasteiger partial charge is 0.263 e. The number of rotatable bonds is 3. The largest absolute Gasteiger partial charge is 0.270 e. The zero-order chi connectivity index (χ0) is 12.6. The summed E-state index contributed by atoms with van der Waals surface area (Å²) in [6.07, 6.45) is 0. The number of nitrogens with zero attached hydrogens (tertiary/aromatic N) is 3. The maximum absolute atomic E-state index is 10.7. The van der Waals surface area contributed by atoms with E-state index in [1.807, 2.05) is 4.68 Å². The van der Waals surface area contributed by atoms with E-state index in [0.717, 1.165) is 17.4 Å². The molecular formula is C11H12BrN3O2. The summed E-state index contributed by atoms with van der Waals surface area (Å²) in [6, 6.07) is 4.80. The number of fused-ring (bicyclic) bond motifs is 1. The highest BCUT2D eigenvalue weighted by molar-refractivity contribution is 9.10. The lowest BCUT2D eigenvalue weighted by molar-refractivity contribution is -0.384. The second-order valence-corrected chi connectivity index (χ2v) is 5.08. The van der Waals surface area contributed by atoms with E-state index in [2.05, 4.69) is 34.9 Å². The summed E-state index contributed by atoms with van der Waals surface area (Å²) >= 11 is 3.34. The topological polar surface area (TPSA) is 61.0 Å². The predicted octanol–water partition coefficient (Wildman–Crippen LogP) is 3.36. The van der Waals surface area contributed by atoms with E-state index in [1.54, 1.807) is 12.1 Å². The maximum atomic E-state index is 10.7. The van der Waals surface area contributed by atoms with Gasteiger partial charge >= 0.3 is 0 Å². The zero-order valence-corrected chi connectivity index (χ0v) is 11.1. The van der Waals surface area contributed by atoms with E-state index in [1.165, 1.54) is 6.07 Å². The number of benzene rings is 1. The molecule has 90 valence electrons. The van der Waals surface area contributed by atoms with E-state index in [9.17, 15) is 10.1 Å². The molecule has 1 aromatic carbocycles. The van der Waals surface area contributed by atoms with Crippen molar-refractivity contribution >= 4 is 32.5 Å². The molecule has 0 bridgehead atoms. The van der Waals surface area contributed by atoms with Crippen LogP contribution in [-0.4, -0.2) is 14.7 Å². The molecule has 1 aromatic heterocycles. The van der Waals surface area contributed by atoms with Crippen LogP contribution >= 0.6 is 15.9 Å². The molecule has 1 heterocycles. The number of nitro groups is 1. The summed E-state index contributed by atoms with van der Waals surface area (Å²) in [4.78, 5) is 10.3. The van der Waals surface area contributed by atoms with Crippen molar-refractivity contribution in [3.05, 3.63) is 32.9 Å². The number of non-ortho nitro benzene ring substituents is 1. The molecule has 2 rings (SSSR count). The van der Waals surface area contributed by atoms with Gasteiger partial charge in [0.2, 0.25) is 0 Å². The van der Waals surface area contributed by atoms with Crippen molar-refractivity contribution in [3.63, 3.8) is 0 Å². The van der Waals surface area contributed by atoms with Gasteiger partial charge in [-0.05, 0) is 27.9 Å². The van der Waals surface area contributed by atoms with E-state index >= 15 is 0 Å². The van der Waals surface area contributed by atoms with Crippen LogP contribution in [0.15, 0.2) is 22.8 Å². The number of aromatic nitrogens is 2. The minimum atomic E-state index is -0.397. The summed E-state index contributed by atoms with van der Waals surface area (Å²) in [7, 11) is 0. The quantitative estimate of drug-likeness (QED) is 0.644. The Labute approximate surface area is 107 Å². The second kappa shape index (κ2) is 4.44. The van der Waals surface area contributed by atoms with E-state index in [-0.39, 0.29) is 5.69 Å². The molecule has 0 amide bonds. The number of hydrogen-bond donors (Lipinski definition) is 0. The summed E-state index contributed by atoms with van der Waals surface area (Å²) in [6.45, 7) is 5.00. The van der Waals surface area contributed by atoms with Crippen molar-refractivity contribution in [2.45, 2.75) is 20.4 Å². The van der Waals surface area contributed by atoms with Gasteiger partial charge in [0.1, 0.15) is 4.60 Å². The molecule has 0 aliphatic rings. The van der Waals surface area contributed by atoms with Gasteiger partial charge in [-0.15, -0.1) is 0 Å². The summed E-state index contributed by atoms with van der Waals surface area (Å²) < 4.78 is 2.52. The molecule has 0 aliphatic carbocycles. The summed E-state index contributed by atoms with van der Waals surface area (Å²) in [5, 5.41) is 15.8. The molecule has 2 aromatic rings. The highest BCUT2D eigenvalue weighted by Crippen LogP contribution is 2.27. The fraction of sp³-hybridized carbons (Fsp3) is 0.364. The summed E-state index contributed by atoms with van der Waals surface area (Å²) in [5.41, 5.74) is 0.999. The van der Waals surface area contributed by atoms with Crippen molar-refractivity contribution < 1.29 is 4.92 Å². The first-order valence-corrected chi connectivity index (χ1v) is 6.09. The molecule has 0 radical (unpaired) electrons. The number of nitro benzene ring substituents is 1. The Morgan fingerprint density at radius 3 is 2.82 bits per heavy atom. The van der Waals surface area contributed by atoms with E-state index in [4.69, 9.17) is 0 Å². The molecule has 0 spiro atoms. The van der Waals surface area contributed by atoms with Gasteiger partial charge < -0.3 is 0 Å². The lowest BCUT2D eigenvalue weighted by atomic mass is 10.2. The van der Waals surface area contributed by atoms with E-state index < -0.39 is 4.92 Å². The van der Waals surface area contributed by atoms with Crippen LogP contribution in [0.3, 0.4) is 0 Å². The molecule has 0 saturated carbocycles. The van der Waals surface area contributed by atoms with Crippen LogP contribution in [-0.2, 0) is 6.54 Å². The Morgan fingerprint density at radius 2 is 2.24 bits per heavy atom. The molecular weight excluding hydrogens is 286 g/mol. The number of halogens is 1. The molecule has 0 N–H and O–H groups in total. The average molecular weight is 298 g/mol. The van der Waals surface area contributed by atoms with Crippen molar-refractivity contribution in [2.24, 2.45) is 5.92 Å². The van der Waals surface area contributed by atoms with Crippen LogP contribution in [0.5, 0.6) is 0 Å². The van der Waals surface area contributed by atoms with E-state index in [0.29, 0.717) is 10.5 Å². The van der Waals surface area contributed by atoms with Crippen LogP contribution in [0, 0.1) is 16.0 Å². The number of hydrogen-bond acceptors (Lipinski definition) is 3. The molecule has 17 heavy (non-hydrogen) atoms. The fourth-order valence-electron chi connectivity index (χ4n) is 1.73. The third-order valence-electron chi connectivity index (χ3n) is 2.44. The lowest BCUT2D eigenvalue weighted by Gasteiger charge is -2.05. The Kier molecular flexibility index (Phi) is 3.15. The van der Waals surface area contributed by atoms with Crippen LogP contribution in [0.25, 0.3) is 10.9 Å². The third-order valence-corrected chi connectivity index (χ3v) is 3.02. The Balaban J connectivity index is 2.57. The van der Waals surface area contributed by atoms with Gasteiger partial charge in [0.15, 0.2) is 0 Å². The van der Waals surface area contributed by atoms with Crippen molar-refractivity contribution in [3.8, 4) is 0 Å². The van der Waals surface area contributed by atoms with Gasteiger partial charge in [0, 0.05) is 24.1 Å². The van der Waals surface area contributed by atoms with Crippen molar-refractivity contribution in [2.75, 3.05) is 0 Å². The molecule has 0 saturated heterocycles. The van der Waals surface area contributed by atoms with Gasteiger partial charge in [0.25, 0.3) is 5.69 Å².